The lowest BCUT2D eigenvalue weighted by molar-refractivity contribution is -0.117. The first-order valence-corrected chi connectivity index (χ1v) is 10.5. The Labute approximate surface area is 161 Å². The molecule has 0 aliphatic carbocycles. The zero-order valence-corrected chi connectivity index (χ0v) is 17.6. The summed E-state index contributed by atoms with van der Waals surface area (Å²) < 4.78 is 38.3. The van der Waals surface area contributed by atoms with Gasteiger partial charge in [0.15, 0.2) is 16.4 Å². The standard InChI is InChI=1S/C19H28N2O5S/c1-7-9-12(3)20-19(22)18-13(4)14-10-16(25-5)17(26-6)11-15(14)21(8-2)27(18,23)24/h10-12H,7-9H2,1-6H3,(H,20,22). The van der Waals surface area contributed by atoms with Gasteiger partial charge in [-0.2, -0.15) is 0 Å². The van der Waals surface area contributed by atoms with E-state index >= 15 is 0 Å². The van der Waals surface area contributed by atoms with E-state index in [1.807, 2.05) is 13.8 Å². The van der Waals surface area contributed by atoms with Crippen molar-refractivity contribution in [1.82, 2.24) is 5.32 Å². The number of amides is 1. The monoisotopic (exact) mass is 396 g/mol. The third-order valence-electron chi connectivity index (χ3n) is 4.66. The van der Waals surface area contributed by atoms with Crippen molar-refractivity contribution in [3.05, 3.63) is 22.6 Å². The highest BCUT2D eigenvalue weighted by Crippen LogP contribution is 2.44. The molecule has 27 heavy (non-hydrogen) atoms. The number of nitrogens with one attached hydrogen (secondary N) is 1. The van der Waals surface area contributed by atoms with Crippen molar-refractivity contribution in [3.8, 4) is 11.5 Å². The number of sulfonamides is 1. The Morgan fingerprint density at radius 3 is 2.30 bits per heavy atom. The molecule has 0 spiro atoms. The average Bonchev–Trinajstić information content (AvgIpc) is 2.60. The molecule has 1 aromatic carbocycles. The zero-order valence-electron chi connectivity index (χ0n) is 16.8. The van der Waals surface area contributed by atoms with Gasteiger partial charge in [0.1, 0.15) is 0 Å². The number of hydrogen-bond acceptors (Lipinski definition) is 5. The van der Waals surface area contributed by atoms with Crippen molar-refractivity contribution in [1.29, 1.82) is 0 Å². The smallest absolute Gasteiger partial charge is 0.270 e. The molecule has 1 aliphatic heterocycles. The van der Waals surface area contributed by atoms with E-state index < -0.39 is 15.9 Å². The molecule has 150 valence electrons. The van der Waals surface area contributed by atoms with Gasteiger partial charge in [-0.3, -0.25) is 9.10 Å². The zero-order chi connectivity index (χ0) is 20.4. The summed E-state index contributed by atoms with van der Waals surface area (Å²) in [7, 11) is -0.968. The molecule has 2 rings (SSSR count). The van der Waals surface area contributed by atoms with Crippen molar-refractivity contribution < 1.29 is 22.7 Å². The number of benzene rings is 1. The van der Waals surface area contributed by atoms with Crippen LogP contribution in [0, 0.1) is 0 Å². The third-order valence-corrected chi connectivity index (χ3v) is 6.70. The Kier molecular flexibility index (Phi) is 6.41. The van der Waals surface area contributed by atoms with Gasteiger partial charge >= 0.3 is 0 Å². The number of fused-ring (bicyclic) bond motifs is 1. The molecule has 0 fully saturated rings. The molecule has 1 N–H and O–H groups in total. The van der Waals surface area contributed by atoms with E-state index in [1.54, 1.807) is 26.0 Å². The van der Waals surface area contributed by atoms with Crippen LogP contribution in [0.3, 0.4) is 0 Å². The van der Waals surface area contributed by atoms with Gasteiger partial charge in [-0.1, -0.05) is 13.3 Å². The number of allylic oxidation sites excluding steroid dienone is 1. The topological polar surface area (TPSA) is 84.9 Å². The van der Waals surface area contributed by atoms with Gasteiger partial charge in [-0.15, -0.1) is 0 Å². The third kappa shape index (κ3) is 3.76. The van der Waals surface area contributed by atoms with E-state index in [2.05, 4.69) is 5.32 Å². The first kappa shape index (κ1) is 21.1. The minimum atomic E-state index is -3.98. The molecule has 8 heteroatoms. The fraction of sp³-hybridized carbons (Fsp3) is 0.526. The van der Waals surface area contributed by atoms with E-state index in [4.69, 9.17) is 9.47 Å². The molecule has 1 atom stereocenters. The van der Waals surface area contributed by atoms with E-state index in [0.717, 1.165) is 12.8 Å². The molecular weight excluding hydrogens is 368 g/mol. The predicted molar refractivity (Wildman–Crippen MR) is 107 cm³/mol. The predicted octanol–water partition coefficient (Wildman–Crippen LogP) is 2.91. The Balaban J connectivity index is 2.68. The minimum Gasteiger partial charge on any atom is -0.493 e. The largest absolute Gasteiger partial charge is 0.493 e. The summed E-state index contributed by atoms with van der Waals surface area (Å²) in [6, 6.07) is 3.23. The maximum absolute atomic E-state index is 13.2. The Morgan fingerprint density at radius 1 is 1.19 bits per heavy atom. The van der Waals surface area contributed by atoms with Crippen LogP contribution in [-0.4, -0.2) is 41.1 Å². The summed E-state index contributed by atoms with van der Waals surface area (Å²) in [5, 5.41) is 2.80. The lowest BCUT2D eigenvalue weighted by atomic mass is 10.0. The highest BCUT2D eigenvalue weighted by Gasteiger charge is 2.39. The van der Waals surface area contributed by atoms with Crippen molar-refractivity contribution in [3.63, 3.8) is 0 Å². The second-order valence-electron chi connectivity index (χ2n) is 6.51. The van der Waals surface area contributed by atoms with Crippen LogP contribution in [0.5, 0.6) is 11.5 Å². The second kappa shape index (κ2) is 8.21. The van der Waals surface area contributed by atoms with E-state index in [0.29, 0.717) is 28.3 Å². The van der Waals surface area contributed by atoms with Crippen LogP contribution < -0.4 is 19.1 Å². The number of carbonyl (C=O) groups excluding carboxylic acids is 1. The van der Waals surface area contributed by atoms with Crippen LogP contribution in [0.4, 0.5) is 5.69 Å². The maximum atomic E-state index is 13.2. The van der Waals surface area contributed by atoms with Gasteiger partial charge in [0.2, 0.25) is 0 Å². The molecular formula is C19H28N2O5S. The molecule has 1 unspecified atom stereocenters. The van der Waals surface area contributed by atoms with Crippen LogP contribution in [-0.2, 0) is 14.8 Å². The highest BCUT2D eigenvalue weighted by molar-refractivity contribution is 7.97. The lowest BCUT2D eigenvalue weighted by Crippen LogP contribution is -2.43. The molecule has 0 radical (unpaired) electrons. The van der Waals surface area contributed by atoms with Crippen LogP contribution in [0.25, 0.3) is 5.57 Å². The van der Waals surface area contributed by atoms with E-state index in [-0.39, 0.29) is 17.5 Å². The highest BCUT2D eigenvalue weighted by atomic mass is 32.2. The van der Waals surface area contributed by atoms with Gasteiger partial charge < -0.3 is 14.8 Å². The molecule has 0 saturated heterocycles. The number of carbonyl (C=O) groups is 1. The first-order valence-electron chi connectivity index (χ1n) is 9.03. The SMILES string of the molecule is CCCC(C)NC(=O)C1=C(C)c2cc(OC)c(OC)cc2N(CC)S1(=O)=O. The van der Waals surface area contributed by atoms with Gasteiger partial charge in [0.05, 0.1) is 19.9 Å². The Morgan fingerprint density at radius 2 is 1.78 bits per heavy atom. The Bertz CT molecular complexity index is 861. The normalized spacial score (nSPS) is 16.6. The quantitative estimate of drug-likeness (QED) is 0.766. The fourth-order valence-electron chi connectivity index (χ4n) is 3.35. The molecule has 0 saturated carbocycles. The van der Waals surface area contributed by atoms with E-state index in [1.165, 1.54) is 18.5 Å². The molecule has 0 bridgehead atoms. The number of nitrogens with zero attached hydrogens (tertiary/aromatic N) is 1. The van der Waals surface area contributed by atoms with Crippen molar-refractivity contribution in [2.75, 3.05) is 25.1 Å². The second-order valence-corrected chi connectivity index (χ2v) is 8.31. The summed E-state index contributed by atoms with van der Waals surface area (Å²) in [5.41, 5.74) is 1.51. The number of rotatable bonds is 7. The van der Waals surface area contributed by atoms with Crippen LogP contribution in [0.1, 0.15) is 46.1 Å². The fourth-order valence-corrected chi connectivity index (χ4v) is 5.11. The summed E-state index contributed by atoms with van der Waals surface area (Å²) in [6.45, 7) is 7.45. The van der Waals surface area contributed by atoms with Crippen molar-refractivity contribution in [2.24, 2.45) is 0 Å². The maximum Gasteiger partial charge on any atom is 0.270 e. The first-order chi connectivity index (χ1) is 12.7. The number of anilines is 1. The van der Waals surface area contributed by atoms with Crippen molar-refractivity contribution >= 4 is 27.2 Å². The molecule has 1 aromatic rings. The van der Waals surface area contributed by atoms with Gasteiger partial charge in [0.25, 0.3) is 15.9 Å². The minimum absolute atomic E-state index is 0.111. The van der Waals surface area contributed by atoms with Crippen molar-refractivity contribution in [2.45, 2.75) is 46.6 Å². The summed E-state index contributed by atoms with van der Waals surface area (Å²) in [5.74, 6) is 0.333. The van der Waals surface area contributed by atoms with Gasteiger partial charge in [-0.05, 0) is 38.8 Å². The summed E-state index contributed by atoms with van der Waals surface area (Å²) in [6.07, 6.45) is 1.67. The van der Waals surface area contributed by atoms with Gasteiger partial charge in [-0.25, -0.2) is 8.42 Å². The van der Waals surface area contributed by atoms with Crippen LogP contribution >= 0.6 is 0 Å². The molecule has 1 amide bonds. The number of hydrogen-bond donors (Lipinski definition) is 1. The lowest BCUT2D eigenvalue weighted by Gasteiger charge is -2.32. The summed E-state index contributed by atoms with van der Waals surface area (Å²) >= 11 is 0. The van der Waals surface area contributed by atoms with E-state index in [9.17, 15) is 13.2 Å². The molecule has 7 nitrogen and oxygen atoms in total. The number of methoxy groups -OCH3 is 2. The average molecular weight is 397 g/mol. The molecule has 1 aliphatic rings. The van der Waals surface area contributed by atoms with Crippen LogP contribution in [0.2, 0.25) is 0 Å². The summed E-state index contributed by atoms with van der Waals surface area (Å²) in [4.78, 5) is 12.6. The Hall–Kier alpha value is -2.22. The molecule has 0 aromatic heterocycles. The molecule has 1 heterocycles. The van der Waals surface area contributed by atoms with Crippen LogP contribution in [0.15, 0.2) is 17.0 Å². The van der Waals surface area contributed by atoms with Gasteiger partial charge in [0, 0.05) is 24.2 Å². The number of ether oxygens (including phenoxy) is 2.